The first-order valence-corrected chi connectivity index (χ1v) is 3.71. The number of ketones is 1. The maximum atomic E-state index is 10.9. The fourth-order valence-electron chi connectivity index (χ4n) is 0.885. The Balaban J connectivity index is 2.57. The van der Waals surface area contributed by atoms with E-state index in [0.29, 0.717) is 12.8 Å². The molecule has 3 nitrogen and oxygen atoms in total. The quantitative estimate of drug-likeness (QED) is 0.646. The van der Waals surface area contributed by atoms with Crippen molar-refractivity contribution in [1.82, 2.24) is 9.55 Å². The molecule has 0 amide bonds. The normalized spacial score (nSPS) is 10.0. The van der Waals surface area contributed by atoms with Gasteiger partial charge in [-0.1, -0.05) is 6.92 Å². The van der Waals surface area contributed by atoms with Crippen molar-refractivity contribution in [3.8, 4) is 0 Å². The van der Waals surface area contributed by atoms with Crippen molar-refractivity contribution in [1.29, 1.82) is 0 Å². The molecule has 0 radical (unpaired) electrons. The second-order valence-corrected chi connectivity index (χ2v) is 2.60. The Morgan fingerprint density at radius 3 is 2.91 bits per heavy atom. The Hall–Kier alpha value is -1.12. The van der Waals surface area contributed by atoms with Gasteiger partial charge in [-0.3, -0.25) is 4.79 Å². The lowest BCUT2D eigenvalue weighted by molar-refractivity contribution is -0.118. The number of hydrogen-bond acceptors (Lipinski definition) is 2. The summed E-state index contributed by atoms with van der Waals surface area (Å²) in [6, 6.07) is 0. The van der Waals surface area contributed by atoms with E-state index in [0.717, 1.165) is 5.69 Å². The highest BCUT2D eigenvalue weighted by molar-refractivity contribution is 5.79. The lowest BCUT2D eigenvalue weighted by Crippen LogP contribution is -2.00. The van der Waals surface area contributed by atoms with Gasteiger partial charge in [0, 0.05) is 19.7 Å². The Bertz CT molecular complexity index is 252. The molecule has 0 aromatic carbocycles. The Labute approximate surface area is 66.1 Å². The van der Waals surface area contributed by atoms with Crippen molar-refractivity contribution in [2.45, 2.75) is 19.8 Å². The third kappa shape index (κ3) is 2.18. The van der Waals surface area contributed by atoms with Crippen LogP contribution in [0.15, 0.2) is 12.5 Å². The maximum absolute atomic E-state index is 10.9. The molecule has 0 saturated heterocycles. The number of Topliss-reactive ketones (excluding diaryl/α,β-unsaturated/α-hetero) is 1. The standard InChI is InChI=1S/C8H12N2O/c1-3-8(11)4-7-5-10(2)6-9-7/h5-6H,3-4H2,1-2H3. The molecule has 0 fully saturated rings. The molecular formula is C8H12N2O. The average Bonchev–Trinajstić information content (AvgIpc) is 2.35. The van der Waals surface area contributed by atoms with E-state index < -0.39 is 0 Å². The van der Waals surface area contributed by atoms with Crippen molar-refractivity contribution < 1.29 is 4.79 Å². The molecule has 0 atom stereocenters. The number of nitrogens with zero attached hydrogens (tertiary/aromatic N) is 2. The van der Waals surface area contributed by atoms with Gasteiger partial charge in [-0.15, -0.1) is 0 Å². The fourth-order valence-corrected chi connectivity index (χ4v) is 0.885. The van der Waals surface area contributed by atoms with Gasteiger partial charge in [0.25, 0.3) is 0 Å². The van der Waals surface area contributed by atoms with Gasteiger partial charge in [0.05, 0.1) is 18.4 Å². The van der Waals surface area contributed by atoms with Gasteiger partial charge in [-0.25, -0.2) is 4.98 Å². The van der Waals surface area contributed by atoms with E-state index in [4.69, 9.17) is 0 Å². The highest BCUT2D eigenvalue weighted by Crippen LogP contribution is 1.97. The molecule has 0 aliphatic carbocycles. The molecule has 0 N–H and O–H groups in total. The van der Waals surface area contributed by atoms with Crippen LogP contribution in [0, 0.1) is 0 Å². The van der Waals surface area contributed by atoms with Gasteiger partial charge >= 0.3 is 0 Å². The summed E-state index contributed by atoms with van der Waals surface area (Å²) < 4.78 is 1.85. The van der Waals surface area contributed by atoms with Crippen LogP contribution in [0.3, 0.4) is 0 Å². The van der Waals surface area contributed by atoms with Crippen LogP contribution in [-0.4, -0.2) is 15.3 Å². The molecule has 1 aromatic rings. The molecule has 0 spiro atoms. The van der Waals surface area contributed by atoms with Crippen LogP contribution < -0.4 is 0 Å². The van der Waals surface area contributed by atoms with Crippen molar-refractivity contribution in [2.24, 2.45) is 7.05 Å². The molecule has 1 heterocycles. The van der Waals surface area contributed by atoms with Gasteiger partial charge in [-0.05, 0) is 0 Å². The first kappa shape index (κ1) is 7.98. The van der Waals surface area contributed by atoms with Crippen molar-refractivity contribution >= 4 is 5.78 Å². The minimum atomic E-state index is 0.240. The summed E-state index contributed by atoms with van der Waals surface area (Å²) >= 11 is 0. The third-order valence-corrected chi connectivity index (χ3v) is 1.53. The van der Waals surface area contributed by atoms with Crippen LogP contribution in [0.4, 0.5) is 0 Å². The molecule has 0 bridgehead atoms. The van der Waals surface area contributed by atoms with E-state index >= 15 is 0 Å². The second-order valence-electron chi connectivity index (χ2n) is 2.60. The van der Waals surface area contributed by atoms with Gasteiger partial charge < -0.3 is 4.57 Å². The summed E-state index contributed by atoms with van der Waals surface area (Å²) in [5.74, 6) is 0.240. The molecule has 0 aliphatic rings. The number of imidazole rings is 1. The van der Waals surface area contributed by atoms with Gasteiger partial charge in [0.1, 0.15) is 5.78 Å². The molecular weight excluding hydrogens is 140 g/mol. The third-order valence-electron chi connectivity index (χ3n) is 1.53. The molecule has 1 aromatic heterocycles. The Morgan fingerprint density at radius 2 is 2.45 bits per heavy atom. The van der Waals surface area contributed by atoms with Gasteiger partial charge in [-0.2, -0.15) is 0 Å². The van der Waals surface area contributed by atoms with Crippen LogP contribution >= 0.6 is 0 Å². The summed E-state index contributed by atoms with van der Waals surface area (Å²) in [4.78, 5) is 15.0. The van der Waals surface area contributed by atoms with Crippen LogP contribution in [-0.2, 0) is 18.3 Å². The zero-order chi connectivity index (χ0) is 8.27. The molecule has 60 valence electrons. The Morgan fingerprint density at radius 1 is 1.73 bits per heavy atom. The summed E-state index contributed by atoms with van der Waals surface area (Å²) in [5, 5.41) is 0. The van der Waals surface area contributed by atoms with E-state index in [-0.39, 0.29) is 5.78 Å². The molecule has 1 rings (SSSR count). The predicted octanol–water partition coefficient (Wildman–Crippen LogP) is 0.942. The first-order valence-electron chi connectivity index (χ1n) is 3.71. The van der Waals surface area contributed by atoms with E-state index in [1.165, 1.54) is 0 Å². The summed E-state index contributed by atoms with van der Waals surface area (Å²) in [5.41, 5.74) is 0.861. The van der Waals surface area contributed by atoms with Gasteiger partial charge in [0.2, 0.25) is 0 Å². The van der Waals surface area contributed by atoms with Crippen molar-refractivity contribution in [3.63, 3.8) is 0 Å². The predicted molar refractivity (Wildman–Crippen MR) is 42.2 cm³/mol. The molecule has 0 saturated carbocycles. The molecule has 0 aliphatic heterocycles. The average molecular weight is 152 g/mol. The summed E-state index contributed by atoms with van der Waals surface area (Å²) in [6.07, 6.45) is 4.64. The van der Waals surface area contributed by atoms with Crippen molar-refractivity contribution in [3.05, 3.63) is 18.2 Å². The largest absolute Gasteiger partial charge is 0.340 e. The van der Waals surface area contributed by atoms with Crippen LogP contribution in [0.25, 0.3) is 0 Å². The van der Waals surface area contributed by atoms with Crippen LogP contribution in [0.5, 0.6) is 0 Å². The number of carbonyl (C=O) groups is 1. The number of rotatable bonds is 3. The van der Waals surface area contributed by atoms with E-state index in [1.807, 2.05) is 24.7 Å². The number of carbonyl (C=O) groups excluding carboxylic acids is 1. The zero-order valence-corrected chi connectivity index (χ0v) is 6.87. The van der Waals surface area contributed by atoms with E-state index in [9.17, 15) is 4.79 Å². The summed E-state index contributed by atoms with van der Waals surface area (Å²) in [6.45, 7) is 1.87. The second kappa shape index (κ2) is 3.32. The topological polar surface area (TPSA) is 34.9 Å². The lowest BCUT2D eigenvalue weighted by atomic mass is 10.2. The van der Waals surface area contributed by atoms with Crippen molar-refractivity contribution in [2.75, 3.05) is 0 Å². The van der Waals surface area contributed by atoms with Gasteiger partial charge in [0.15, 0.2) is 0 Å². The number of aryl methyl sites for hydroxylation is 1. The summed E-state index contributed by atoms with van der Waals surface area (Å²) in [7, 11) is 1.90. The molecule has 3 heteroatoms. The van der Waals surface area contributed by atoms with E-state index in [1.54, 1.807) is 6.33 Å². The smallest absolute Gasteiger partial charge is 0.138 e. The number of aromatic nitrogens is 2. The highest BCUT2D eigenvalue weighted by Gasteiger charge is 2.02. The number of hydrogen-bond donors (Lipinski definition) is 0. The maximum Gasteiger partial charge on any atom is 0.138 e. The highest BCUT2D eigenvalue weighted by atomic mass is 16.1. The lowest BCUT2D eigenvalue weighted by Gasteiger charge is -1.90. The molecule has 11 heavy (non-hydrogen) atoms. The zero-order valence-electron chi connectivity index (χ0n) is 6.87. The minimum absolute atomic E-state index is 0.240. The Kier molecular flexibility index (Phi) is 2.41. The first-order chi connectivity index (χ1) is 5.22. The van der Waals surface area contributed by atoms with Crippen LogP contribution in [0.2, 0.25) is 0 Å². The fraction of sp³-hybridized carbons (Fsp3) is 0.500. The monoisotopic (exact) mass is 152 g/mol. The van der Waals surface area contributed by atoms with Crippen LogP contribution in [0.1, 0.15) is 19.0 Å². The van der Waals surface area contributed by atoms with E-state index in [2.05, 4.69) is 4.98 Å². The SMILES string of the molecule is CCC(=O)Cc1cn(C)cn1. The molecule has 0 unspecified atom stereocenters. The minimum Gasteiger partial charge on any atom is -0.340 e.